The van der Waals surface area contributed by atoms with Gasteiger partial charge in [-0.2, -0.15) is 0 Å². The highest BCUT2D eigenvalue weighted by molar-refractivity contribution is 7.14. The summed E-state index contributed by atoms with van der Waals surface area (Å²) in [5.74, 6) is -0.815. The predicted molar refractivity (Wildman–Crippen MR) is 92.9 cm³/mol. The van der Waals surface area contributed by atoms with Crippen molar-refractivity contribution in [3.63, 3.8) is 0 Å². The molecule has 1 atom stereocenters. The molecule has 3 rings (SSSR count). The Morgan fingerprint density at radius 1 is 1.29 bits per heavy atom. The summed E-state index contributed by atoms with van der Waals surface area (Å²) in [6.07, 6.45) is 2.08. The highest BCUT2D eigenvalue weighted by atomic mass is 32.1. The van der Waals surface area contributed by atoms with Crippen LogP contribution in [-0.2, 0) is 17.6 Å². The molecule has 0 radical (unpaired) electrons. The molecule has 1 aromatic carbocycles. The highest BCUT2D eigenvalue weighted by Crippen LogP contribution is 2.33. The molecule has 126 valence electrons. The van der Waals surface area contributed by atoms with Crippen molar-refractivity contribution in [1.29, 1.82) is 0 Å². The van der Waals surface area contributed by atoms with Crippen LogP contribution >= 0.6 is 11.3 Å². The maximum absolute atomic E-state index is 13.7. The van der Waals surface area contributed by atoms with Crippen molar-refractivity contribution in [2.75, 3.05) is 19.4 Å². The summed E-state index contributed by atoms with van der Waals surface area (Å²) < 4.78 is 13.7. The Labute approximate surface area is 144 Å². The van der Waals surface area contributed by atoms with Gasteiger partial charge in [0.2, 0.25) is 5.91 Å². The molecular formula is C18H19FN2O2S. The molecule has 1 heterocycles. The number of carbonyl (C=O) groups excluding carboxylic acids is 2. The number of anilines is 1. The quantitative estimate of drug-likeness (QED) is 0.927. The second-order valence-electron chi connectivity index (χ2n) is 6.17. The number of aryl methyl sites for hydroxylation is 1. The number of hydrogen-bond donors (Lipinski definition) is 1. The molecule has 4 nitrogen and oxygen atoms in total. The minimum absolute atomic E-state index is 0.0123. The average molecular weight is 346 g/mol. The van der Waals surface area contributed by atoms with E-state index < -0.39 is 5.82 Å². The van der Waals surface area contributed by atoms with Crippen LogP contribution in [0, 0.1) is 11.7 Å². The lowest BCUT2D eigenvalue weighted by atomic mass is 9.87. The molecule has 0 fully saturated rings. The highest BCUT2D eigenvalue weighted by Gasteiger charge is 2.28. The number of halogens is 1. The first kappa shape index (κ1) is 16.6. The summed E-state index contributed by atoms with van der Waals surface area (Å²) in [7, 11) is 3.46. The minimum Gasteiger partial charge on any atom is -0.344 e. The molecule has 24 heavy (non-hydrogen) atoms. The summed E-state index contributed by atoms with van der Waals surface area (Å²) >= 11 is 1.51. The molecule has 0 spiro atoms. The molecule has 1 aliphatic carbocycles. The molecule has 1 aromatic heterocycles. The summed E-state index contributed by atoms with van der Waals surface area (Å²) in [6, 6.07) is 8.06. The molecule has 1 aliphatic rings. The third-order valence-electron chi connectivity index (χ3n) is 4.20. The van der Waals surface area contributed by atoms with E-state index in [2.05, 4.69) is 5.32 Å². The topological polar surface area (TPSA) is 49.4 Å². The molecule has 0 aliphatic heterocycles. The SMILES string of the molecule is CN(C)C(=O)c1cc2c(s1)CC[C@@H](C(=O)Nc1ccccc1F)C2. The van der Waals surface area contributed by atoms with Crippen LogP contribution in [0.25, 0.3) is 0 Å². The molecule has 0 bridgehead atoms. The molecule has 0 saturated carbocycles. The van der Waals surface area contributed by atoms with E-state index in [1.807, 2.05) is 6.07 Å². The Kier molecular flexibility index (Phi) is 4.66. The van der Waals surface area contributed by atoms with Crippen molar-refractivity contribution >= 4 is 28.8 Å². The van der Waals surface area contributed by atoms with E-state index in [4.69, 9.17) is 0 Å². The van der Waals surface area contributed by atoms with Crippen LogP contribution in [0.3, 0.4) is 0 Å². The zero-order chi connectivity index (χ0) is 17.3. The number of carbonyl (C=O) groups is 2. The fraction of sp³-hybridized carbons (Fsp3) is 0.333. The monoisotopic (exact) mass is 346 g/mol. The Balaban J connectivity index is 1.72. The van der Waals surface area contributed by atoms with Gasteiger partial charge in [0.05, 0.1) is 10.6 Å². The molecular weight excluding hydrogens is 327 g/mol. The first-order chi connectivity index (χ1) is 11.5. The lowest BCUT2D eigenvalue weighted by molar-refractivity contribution is -0.120. The van der Waals surface area contributed by atoms with E-state index in [0.717, 1.165) is 12.0 Å². The summed E-state index contributed by atoms with van der Waals surface area (Å²) in [6.45, 7) is 0. The number of rotatable bonds is 3. The normalized spacial score (nSPS) is 16.4. The third kappa shape index (κ3) is 3.33. The van der Waals surface area contributed by atoms with Crippen LogP contribution in [0.5, 0.6) is 0 Å². The van der Waals surface area contributed by atoms with Gasteiger partial charge >= 0.3 is 0 Å². The predicted octanol–water partition coefficient (Wildman–Crippen LogP) is 3.33. The summed E-state index contributed by atoms with van der Waals surface area (Å²) in [5.41, 5.74) is 1.27. The van der Waals surface area contributed by atoms with Crippen LogP contribution in [0.2, 0.25) is 0 Å². The number of amides is 2. The number of thiophene rings is 1. The van der Waals surface area contributed by atoms with E-state index in [1.54, 1.807) is 37.2 Å². The Hall–Kier alpha value is -2.21. The lowest BCUT2D eigenvalue weighted by Crippen LogP contribution is -2.27. The standard InChI is InChI=1S/C18H19FN2O2S/c1-21(2)18(23)16-10-12-9-11(7-8-15(12)24-16)17(22)20-14-6-4-3-5-13(14)19/h3-6,10-11H,7-9H2,1-2H3,(H,20,22)/t11-/m1/s1. The Morgan fingerprint density at radius 2 is 2.04 bits per heavy atom. The van der Waals surface area contributed by atoms with Gasteiger partial charge in [0.15, 0.2) is 0 Å². The summed E-state index contributed by atoms with van der Waals surface area (Å²) in [4.78, 5) is 27.9. The number of nitrogens with zero attached hydrogens (tertiary/aromatic N) is 1. The molecule has 6 heteroatoms. The third-order valence-corrected chi connectivity index (χ3v) is 5.43. The van der Waals surface area contributed by atoms with Crippen LogP contribution in [0.4, 0.5) is 10.1 Å². The smallest absolute Gasteiger partial charge is 0.263 e. The van der Waals surface area contributed by atoms with Gasteiger partial charge in [-0.15, -0.1) is 11.3 Å². The van der Waals surface area contributed by atoms with Gasteiger partial charge in [-0.05, 0) is 43.0 Å². The molecule has 2 aromatic rings. The van der Waals surface area contributed by atoms with Gasteiger partial charge in [0, 0.05) is 24.9 Å². The fourth-order valence-electron chi connectivity index (χ4n) is 2.87. The maximum atomic E-state index is 13.7. The fourth-order valence-corrected chi connectivity index (χ4v) is 4.10. The minimum atomic E-state index is -0.434. The van der Waals surface area contributed by atoms with Crippen molar-refractivity contribution in [2.24, 2.45) is 5.92 Å². The van der Waals surface area contributed by atoms with Crippen molar-refractivity contribution < 1.29 is 14.0 Å². The van der Waals surface area contributed by atoms with Crippen molar-refractivity contribution in [2.45, 2.75) is 19.3 Å². The number of benzene rings is 1. The van der Waals surface area contributed by atoms with E-state index >= 15 is 0 Å². The number of nitrogens with one attached hydrogen (secondary N) is 1. The van der Waals surface area contributed by atoms with Gasteiger partial charge in [-0.3, -0.25) is 9.59 Å². The first-order valence-electron chi connectivity index (χ1n) is 7.84. The molecule has 0 unspecified atom stereocenters. The van der Waals surface area contributed by atoms with Gasteiger partial charge in [0.25, 0.3) is 5.91 Å². The molecule has 2 amide bonds. The van der Waals surface area contributed by atoms with E-state index in [0.29, 0.717) is 17.7 Å². The van der Waals surface area contributed by atoms with Crippen LogP contribution in [0.15, 0.2) is 30.3 Å². The van der Waals surface area contributed by atoms with Crippen molar-refractivity contribution in [3.8, 4) is 0 Å². The van der Waals surface area contributed by atoms with E-state index in [1.165, 1.54) is 22.3 Å². The second kappa shape index (κ2) is 6.73. The van der Waals surface area contributed by atoms with E-state index in [-0.39, 0.29) is 23.4 Å². The second-order valence-corrected chi connectivity index (χ2v) is 7.30. The van der Waals surface area contributed by atoms with Gasteiger partial charge in [0.1, 0.15) is 5.82 Å². The van der Waals surface area contributed by atoms with Crippen LogP contribution in [0.1, 0.15) is 26.5 Å². The van der Waals surface area contributed by atoms with Gasteiger partial charge in [-0.25, -0.2) is 4.39 Å². The van der Waals surface area contributed by atoms with Gasteiger partial charge in [-0.1, -0.05) is 12.1 Å². The van der Waals surface area contributed by atoms with E-state index in [9.17, 15) is 14.0 Å². The van der Waals surface area contributed by atoms with Crippen molar-refractivity contribution in [3.05, 3.63) is 51.5 Å². The molecule has 0 saturated heterocycles. The molecule has 1 N–H and O–H groups in total. The van der Waals surface area contributed by atoms with Crippen LogP contribution < -0.4 is 5.32 Å². The lowest BCUT2D eigenvalue weighted by Gasteiger charge is -2.21. The van der Waals surface area contributed by atoms with Crippen LogP contribution in [-0.4, -0.2) is 30.8 Å². The average Bonchev–Trinajstić information content (AvgIpc) is 2.99. The van der Waals surface area contributed by atoms with Crippen molar-refractivity contribution in [1.82, 2.24) is 4.90 Å². The Bertz CT molecular complexity index is 785. The Morgan fingerprint density at radius 3 is 2.75 bits per heavy atom. The van der Waals surface area contributed by atoms with Gasteiger partial charge < -0.3 is 10.2 Å². The largest absolute Gasteiger partial charge is 0.344 e. The number of para-hydroxylation sites is 1. The summed E-state index contributed by atoms with van der Waals surface area (Å²) in [5, 5.41) is 2.67. The maximum Gasteiger partial charge on any atom is 0.263 e. The zero-order valence-electron chi connectivity index (χ0n) is 13.6. The zero-order valence-corrected chi connectivity index (χ0v) is 14.5. The first-order valence-corrected chi connectivity index (χ1v) is 8.66. The number of fused-ring (bicyclic) bond motifs is 1. The number of hydrogen-bond acceptors (Lipinski definition) is 3.